The first kappa shape index (κ1) is 9.98. The van der Waals surface area contributed by atoms with Crippen molar-refractivity contribution >= 4 is 34.3 Å². The van der Waals surface area contributed by atoms with Crippen LogP contribution in [0.4, 0.5) is 0 Å². The van der Waals surface area contributed by atoms with Gasteiger partial charge in [-0.1, -0.05) is 66.3 Å². The third-order valence-electron chi connectivity index (χ3n) is 3.61. The largest absolute Gasteiger partial charge is 0.0808 e. The molecule has 0 amide bonds. The second-order valence-electron chi connectivity index (χ2n) is 4.71. The molecule has 0 spiro atoms. The fraction of sp³-hybridized carbons (Fsp3) is 0. The SMILES string of the molecule is c1ccc2cc3c(ccc4cccc[si]43)cc2c1. The van der Waals surface area contributed by atoms with Gasteiger partial charge in [0.1, 0.15) is 0 Å². The summed E-state index contributed by atoms with van der Waals surface area (Å²) in [5.41, 5.74) is 2.39. The summed E-state index contributed by atoms with van der Waals surface area (Å²) in [4.78, 5) is 3.02. The molecular formula is C17H12Si. The summed E-state index contributed by atoms with van der Waals surface area (Å²) in [5.74, 6) is 0. The fourth-order valence-electron chi connectivity index (χ4n) is 2.70. The van der Waals surface area contributed by atoms with Crippen molar-refractivity contribution < 1.29 is 0 Å². The molecule has 0 atom stereocenters. The Balaban J connectivity index is 2.27. The molecule has 2 aromatic heterocycles. The van der Waals surface area contributed by atoms with Crippen molar-refractivity contribution in [3.8, 4) is 0 Å². The standard InChI is InChI=1S/C17H12Si/c1-2-6-14-12-17-15(11-13(14)5-1)8-9-16-7-3-4-10-18(16)17/h1-12H. The lowest BCUT2D eigenvalue weighted by Gasteiger charge is -2.05. The number of hydrogen-bond donors (Lipinski definition) is 0. The molecule has 0 saturated carbocycles. The van der Waals surface area contributed by atoms with E-state index in [4.69, 9.17) is 0 Å². The minimum atomic E-state index is -0.675. The lowest BCUT2D eigenvalue weighted by molar-refractivity contribution is 1.80. The maximum Gasteiger partial charge on any atom is 0.0808 e. The summed E-state index contributed by atoms with van der Waals surface area (Å²) in [6.07, 6.45) is 0. The topological polar surface area (TPSA) is 0 Å². The van der Waals surface area contributed by atoms with Crippen LogP contribution in [0.1, 0.15) is 0 Å². The Kier molecular flexibility index (Phi) is 2.08. The molecule has 18 heavy (non-hydrogen) atoms. The van der Waals surface area contributed by atoms with Gasteiger partial charge in [-0.15, -0.1) is 0 Å². The van der Waals surface area contributed by atoms with E-state index in [9.17, 15) is 0 Å². The maximum absolute atomic E-state index is 2.39. The van der Waals surface area contributed by atoms with Crippen molar-refractivity contribution in [2.75, 3.05) is 0 Å². The zero-order valence-corrected chi connectivity index (χ0v) is 10.9. The second-order valence-corrected chi connectivity index (χ2v) is 6.98. The van der Waals surface area contributed by atoms with Crippen LogP contribution in [-0.2, 0) is 0 Å². The third kappa shape index (κ3) is 1.41. The smallest absolute Gasteiger partial charge is 0.0731 e. The highest BCUT2D eigenvalue weighted by molar-refractivity contribution is 6.70. The highest BCUT2D eigenvalue weighted by Gasteiger charge is 2.02. The van der Waals surface area contributed by atoms with Gasteiger partial charge in [0.2, 0.25) is 0 Å². The van der Waals surface area contributed by atoms with Gasteiger partial charge in [0, 0.05) is 0 Å². The van der Waals surface area contributed by atoms with Crippen LogP contribution in [0.2, 0.25) is 0 Å². The molecule has 4 rings (SSSR count). The van der Waals surface area contributed by atoms with Crippen LogP contribution < -0.4 is 0 Å². The van der Waals surface area contributed by atoms with E-state index < -0.39 is 8.20 Å². The van der Waals surface area contributed by atoms with Crippen molar-refractivity contribution in [3.63, 3.8) is 0 Å². The molecule has 84 valence electrons. The van der Waals surface area contributed by atoms with Gasteiger partial charge in [0.25, 0.3) is 0 Å². The van der Waals surface area contributed by atoms with Gasteiger partial charge in [-0.2, -0.15) is 0 Å². The minimum Gasteiger partial charge on any atom is -0.0731 e. The van der Waals surface area contributed by atoms with Crippen LogP contribution in [-0.4, -0.2) is 8.20 Å². The van der Waals surface area contributed by atoms with E-state index in [0.717, 1.165) is 0 Å². The molecule has 0 N–H and O–H groups in total. The molecule has 0 aliphatic carbocycles. The number of benzene rings is 2. The summed E-state index contributed by atoms with van der Waals surface area (Å²) < 4.78 is 0. The minimum absolute atomic E-state index is 0.675. The van der Waals surface area contributed by atoms with Crippen LogP contribution in [0.5, 0.6) is 0 Å². The third-order valence-corrected chi connectivity index (χ3v) is 6.11. The molecular weight excluding hydrogens is 232 g/mol. The molecule has 2 heterocycles. The first-order chi connectivity index (χ1) is 8.92. The van der Waals surface area contributed by atoms with Crippen molar-refractivity contribution in [2.24, 2.45) is 0 Å². The van der Waals surface area contributed by atoms with Crippen LogP contribution in [0, 0.1) is 0 Å². The normalized spacial score (nSPS) is 11.3. The summed E-state index contributed by atoms with van der Waals surface area (Å²) in [6, 6.07) is 24.4. The van der Waals surface area contributed by atoms with Crippen molar-refractivity contribution in [1.82, 2.24) is 0 Å². The summed E-state index contributed by atoms with van der Waals surface area (Å²) in [5, 5.41) is 4.08. The first-order valence-corrected chi connectivity index (χ1v) is 7.80. The molecule has 0 aliphatic rings. The second kappa shape index (κ2) is 3.75. The van der Waals surface area contributed by atoms with E-state index in [1.807, 2.05) is 0 Å². The highest BCUT2D eigenvalue weighted by atomic mass is 28.2. The molecule has 0 aliphatic heterocycles. The van der Waals surface area contributed by atoms with Crippen LogP contribution in [0.15, 0.2) is 72.4 Å². The molecule has 0 nitrogen and oxygen atoms in total. The van der Waals surface area contributed by atoms with E-state index in [1.54, 1.807) is 0 Å². The first-order valence-electron chi connectivity index (χ1n) is 6.22. The van der Waals surface area contributed by atoms with E-state index in [2.05, 4.69) is 72.4 Å². The van der Waals surface area contributed by atoms with Crippen LogP contribution in [0.25, 0.3) is 26.2 Å². The van der Waals surface area contributed by atoms with E-state index >= 15 is 0 Å². The summed E-state index contributed by atoms with van der Waals surface area (Å²) >= 11 is 0. The molecule has 0 radical (unpaired) electrons. The van der Waals surface area contributed by atoms with E-state index in [-0.39, 0.29) is 0 Å². The monoisotopic (exact) mass is 244 g/mol. The maximum atomic E-state index is 2.39. The molecule has 0 saturated heterocycles. The van der Waals surface area contributed by atoms with Gasteiger partial charge < -0.3 is 0 Å². The van der Waals surface area contributed by atoms with Gasteiger partial charge in [-0.3, -0.25) is 0 Å². The summed E-state index contributed by atoms with van der Waals surface area (Å²) in [6.45, 7) is 0. The molecule has 0 bridgehead atoms. The Hall–Kier alpha value is -1.99. The van der Waals surface area contributed by atoms with Crippen molar-refractivity contribution in [2.45, 2.75) is 0 Å². The van der Waals surface area contributed by atoms with Crippen LogP contribution in [0.3, 0.4) is 0 Å². The molecule has 4 aromatic rings. The zero-order chi connectivity index (χ0) is 11.9. The highest BCUT2D eigenvalue weighted by Crippen LogP contribution is 2.23. The van der Waals surface area contributed by atoms with Gasteiger partial charge in [-0.05, 0) is 32.2 Å². The zero-order valence-electron chi connectivity index (χ0n) is 9.93. The van der Waals surface area contributed by atoms with Gasteiger partial charge in [0.15, 0.2) is 0 Å². The number of fused-ring (bicyclic) bond motifs is 4. The molecule has 1 heteroatoms. The Bertz CT molecular complexity index is 872. The van der Waals surface area contributed by atoms with E-state index in [0.29, 0.717) is 0 Å². The quantitative estimate of drug-likeness (QED) is 0.243. The number of rotatable bonds is 0. The Morgan fingerprint density at radius 1 is 0.611 bits per heavy atom. The number of hydrogen-bond acceptors (Lipinski definition) is 0. The lowest BCUT2D eigenvalue weighted by atomic mass is 10.1. The fourth-order valence-corrected chi connectivity index (χ4v) is 5.00. The van der Waals surface area contributed by atoms with E-state index in [1.165, 1.54) is 26.2 Å². The predicted molar refractivity (Wildman–Crippen MR) is 80.4 cm³/mol. The average molecular weight is 244 g/mol. The molecule has 2 aromatic carbocycles. The van der Waals surface area contributed by atoms with Gasteiger partial charge in [-0.25, -0.2) is 0 Å². The predicted octanol–water partition coefficient (Wildman–Crippen LogP) is 4.47. The molecule has 0 unspecified atom stereocenters. The Morgan fingerprint density at radius 2 is 1.39 bits per heavy atom. The van der Waals surface area contributed by atoms with Gasteiger partial charge >= 0.3 is 0 Å². The summed E-state index contributed by atoms with van der Waals surface area (Å²) in [7, 11) is -0.675. The van der Waals surface area contributed by atoms with Crippen molar-refractivity contribution in [3.05, 3.63) is 72.4 Å². The van der Waals surface area contributed by atoms with Crippen LogP contribution >= 0.6 is 0 Å². The lowest BCUT2D eigenvalue weighted by Crippen LogP contribution is -1.91. The molecule has 0 fully saturated rings. The van der Waals surface area contributed by atoms with Gasteiger partial charge in [0.05, 0.1) is 8.20 Å². The Morgan fingerprint density at radius 3 is 2.28 bits per heavy atom. The Labute approximate surface area is 107 Å². The average Bonchev–Trinajstić information content (AvgIpc) is 2.45. The van der Waals surface area contributed by atoms with Crippen molar-refractivity contribution in [1.29, 1.82) is 0 Å².